The van der Waals surface area contributed by atoms with Crippen LogP contribution in [0.5, 0.6) is 0 Å². The predicted octanol–water partition coefficient (Wildman–Crippen LogP) is 3.48. The molecule has 1 amide bonds. The average Bonchev–Trinajstić information content (AvgIpc) is 2.96. The lowest BCUT2D eigenvalue weighted by Crippen LogP contribution is -2.37. The molecular weight excluding hydrogens is 260 g/mol. The molecule has 1 fully saturated rings. The Morgan fingerprint density at radius 1 is 1.24 bits per heavy atom. The number of nitrogens with zero attached hydrogens (tertiary/aromatic N) is 1. The highest BCUT2D eigenvalue weighted by Gasteiger charge is 2.37. The van der Waals surface area contributed by atoms with Gasteiger partial charge in [0.1, 0.15) is 0 Å². The van der Waals surface area contributed by atoms with E-state index >= 15 is 0 Å². The standard InChI is InChI=1S/C18H26N2O/c1-18(2,3)13-9-11-20(12-13)17(21)15-8-10-19-16-7-5-4-6-14(15)16/h4-7,13,15,19H,8-12H2,1-3H3. The molecule has 2 atom stereocenters. The van der Waals surface area contributed by atoms with Crippen molar-refractivity contribution >= 4 is 11.6 Å². The number of nitrogens with one attached hydrogen (secondary N) is 1. The highest BCUT2D eigenvalue weighted by molar-refractivity contribution is 5.86. The van der Waals surface area contributed by atoms with Gasteiger partial charge in [-0.1, -0.05) is 39.0 Å². The number of likely N-dealkylation sites (tertiary alicyclic amines) is 1. The van der Waals surface area contributed by atoms with Gasteiger partial charge in [0.2, 0.25) is 5.91 Å². The lowest BCUT2D eigenvalue weighted by molar-refractivity contribution is -0.132. The molecule has 1 aromatic rings. The molecule has 2 unspecified atom stereocenters. The zero-order valence-electron chi connectivity index (χ0n) is 13.4. The van der Waals surface area contributed by atoms with E-state index in [1.165, 1.54) is 5.56 Å². The largest absolute Gasteiger partial charge is 0.385 e. The zero-order chi connectivity index (χ0) is 15.0. The van der Waals surface area contributed by atoms with Crippen LogP contribution in [0.2, 0.25) is 0 Å². The summed E-state index contributed by atoms with van der Waals surface area (Å²) >= 11 is 0. The maximum atomic E-state index is 12.9. The second kappa shape index (κ2) is 5.36. The Bertz CT molecular complexity index is 532. The van der Waals surface area contributed by atoms with E-state index in [2.05, 4.69) is 43.1 Å². The Kier molecular flexibility index (Phi) is 3.68. The van der Waals surface area contributed by atoms with Crippen LogP contribution in [0.3, 0.4) is 0 Å². The van der Waals surface area contributed by atoms with Crippen molar-refractivity contribution in [3.63, 3.8) is 0 Å². The van der Waals surface area contributed by atoms with Gasteiger partial charge in [0.15, 0.2) is 0 Å². The monoisotopic (exact) mass is 286 g/mol. The second-order valence-corrected chi connectivity index (χ2v) is 7.49. The normalized spacial score (nSPS) is 25.4. The number of hydrogen-bond donors (Lipinski definition) is 1. The molecule has 0 aromatic heterocycles. The number of fused-ring (bicyclic) bond motifs is 1. The Hall–Kier alpha value is -1.51. The molecule has 2 aliphatic rings. The van der Waals surface area contributed by atoms with Crippen molar-refractivity contribution < 1.29 is 4.79 Å². The van der Waals surface area contributed by atoms with Crippen LogP contribution in [0.1, 0.15) is 45.1 Å². The first-order chi connectivity index (χ1) is 9.97. The summed E-state index contributed by atoms with van der Waals surface area (Å²) in [6.07, 6.45) is 2.05. The van der Waals surface area contributed by atoms with E-state index in [0.29, 0.717) is 17.2 Å². The van der Waals surface area contributed by atoms with Crippen LogP contribution >= 0.6 is 0 Å². The molecule has 0 radical (unpaired) electrons. The Morgan fingerprint density at radius 2 is 2.00 bits per heavy atom. The Labute approximate surface area is 127 Å². The summed E-state index contributed by atoms with van der Waals surface area (Å²) in [4.78, 5) is 15.0. The third kappa shape index (κ3) is 2.78. The molecule has 1 N–H and O–H groups in total. The van der Waals surface area contributed by atoms with Gasteiger partial charge < -0.3 is 10.2 Å². The van der Waals surface area contributed by atoms with Gasteiger partial charge in [-0.2, -0.15) is 0 Å². The minimum atomic E-state index is 0.0427. The highest BCUT2D eigenvalue weighted by Crippen LogP contribution is 2.37. The molecule has 1 aromatic carbocycles. The van der Waals surface area contributed by atoms with Gasteiger partial charge >= 0.3 is 0 Å². The molecule has 3 rings (SSSR count). The summed E-state index contributed by atoms with van der Waals surface area (Å²) in [7, 11) is 0. The lowest BCUT2D eigenvalue weighted by atomic mass is 9.80. The van der Waals surface area contributed by atoms with Crippen LogP contribution in [0.15, 0.2) is 24.3 Å². The fourth-order valence-corrected chi connectivity index (χ4v) is 3.61. The van der Waals surface area contributed by atoms with Gasteiger partial charge in [0, 0.05) is 25.3 Å². The van der Waals surface area contributed by atoms with Crippen LogP contribution in [-0.4, -0.2) is 30.4 Å². The molecule has 114 valence electrons. The fraction of sp³-hybridized carbons (Fsp3) is 0.611. The smallest absolute Gasteiger partial charge is 0.230 e. The summed E-state index contributed by atoms with van der Waals surface area (Å²) in [6.45, 7) is 9.59. The molecule has 2 heterocycles. The average molecular weight is 286 g/mol. The van der Waals surface area contributed by atoms with Gasteiger partial charge in [-0.3, -0.25) is 4.79 Å². The van der Waals surface area contributed by atoms with E-state index in [9.17, 15) is 4.79 Å². The molecule has 0 aliphatic carbocycles. The minimum Gasteiger partial charge on any atom is -0.385 e. The maximum absolute atomic E-state index is 12.9. The van der Waals surface area contributed by atoms with Crippen LogP contribution in [0.4, 0.5) is 5.69 Å². The summed E-state index contributed by atoms with van der Waals surface area (Å²) in [5, 5.41) is 3.40. The Morgan fingerprint density at radius 3 is 2.71 bits per heavy atom. The van der Waals surface area contributed by atoms with Crippen molar-refractivity contribution in [2.45, 2.75) is 39.5 Å². The number of benzene rings is 1. The SMILES string of the molecule is CC(C)(C)C1CCN(C(=O)C2CCNc3ccccc32)C1. The summed E-state index contributed by atoms with van der Waals surface area (Å²) in [5.41, 5.74) is 2.60. The number of para-hydroxylation sites is 1. The number of amides is 1. The topological polar surface area (TPSA) is 32.3 Å². The molecule has 2 aliphatic heterocycles. The summed E-state index contributed by atoms with van der Waals surface area (Å²) in [5.74, 6) is 0.996. The number of carbonyl (C=O) groups is 1. The van der Waals surface area contributed by atoms with Crippen molar-refractivity contribution in [2.24, 2.45) is 11.3 Å². The fourth-order valence-electron chi connectivity index (χ4n) is 3.61. The molecule has 21 heavy (non-hydrogen) atoms. The zero-order valence-corrected chi connectivity index (χ0v) is 13.4. The van der Waals surface area contributed by atoms with Crippen molar-refractivity contribution in [3.05, 3.63) is 29.8 Å². The number of rotatable bonds is 1. The number of hydrogen-bond acceptors (Lipinski definition) is 2. The predicted molar refractivity (Wildman–Crippen MR) is 86.4 cm³/mol. The molecule has 3 nitrogen and oxygen atoms in total. The number of carbonyl (C=O) groups excluding carboxylic acids is 1. The molecule has 0 spiro atoms. The molecule has 1 saturated heterocycles. The highest BCUT2D eigenvalue weighted by atomic mass is 16.2. The quantitative estimate of drug-likeness (QED) is 0.857. The van der Waals surface area contributed by atoms with Crippen LogP contribution in [0, 0.1) is 11.3 Å². The van der Waals surface area contributed by atoms with Crippen LogP contribution in [0.25, 0.3) is 0 Å². The van der Waals surface area contributed by atoms with Crippen LogP contribution in [-0.2, 0) is 4.79 Å². The first kappa shape index (κ1) is 14.4. The first-order valence-corrected chi connectivity index (χ1v) is 8.08. The van der Waals surface area contributed by atoms with Gasteiger partial charge in [-0.25, -0.2) is 0 Å². The molecule has 3 heteroatoms. The molecular formula is C18H26N2O. The molecule has 0 saturated carbocycles. The lowest BCUT2D eigenvalue weighted by Gasteiger charge is -2.31. The maximum Gasteiger partial charge on any atom is 0.230 e. The van der Waals surface area contributed by atoms with E-state index in [4.69, 9.17) is 0 Å². The van der Waals surface area contributed by atoms with E-state index in [1.54, 1.807) is 0 Å². The van der Waals surface area contributed by atoms with Gasteiger partial charge in [0.05, 0.1) is 5.92 Å². The Balaban J connectivity index is 1.76. The molecule has 0 bridgehead atoms. The number of anilines is 1. The van der Waals surface area contributed by atoms with E-state index in [1.807, 2.05) is 12.1 Å². The van der Waals surface area contributed by atoms with Crippen LogP contribution < -0.4 is 5.32 Å². The van der Waals surface area contributed by atoms with Crippen molar-refractivity contribution in [3.8, 4) is 0 Å². The van der Waals surface area contributed by atoms with Crippen molar-refractivity contribution in [2.75, 3.05) is 25.0 Å². The van der Waals surface area contributed by atoms with Crippen molar-refractivity contribution in [1.29, 1.82) is 0 Å². The van der Waals surface area contributed by atoms with Crippen molar-refractivity contribution in [1.82, 2.24) is 4.90 Å². The third-order valence-corrected chi connectivity index (χ3v) is 5.11. The minimum absolute atomic E-state index is 0.0427. The second-order valence-electron chi connectivity index (χ2n) is 7.49. The third-order valence-electron chi connectivity index (χ3n) is 5.11. The van der Waals surface area contributed by atoms with E-state index in [-0.39, 0.29) is 5.92 Å². The van der Waals surface area contributed by atoms with Gasteiger partial charge in [0.25, 0.3) is 0 Å². The summed E-state index contributed by atoms with van der Waals surface area (Å²) < 4.78 is 0. The van der Waals surface area contributed by atoms with E-state index in [0.717, 1.165) is 38.2 Å². The van der Waals surface area contributed by atoms with E-state index < -0.39 is 0 Å². The summed E-state index contributed by atoms with van der Waals surface area (Å²) in [6, 6.07) is 8.25. The van der Waals surface area contributed by atoms with Gasteiger partial charge in [-0.05, 0) is 35.8 Å². The first-order valence-electron chi connectivity index (χ1n) is 8.08. The van der Waals surface area contributed by atoms with Gasteiger partial charge in [-0.15, -0.1) is 0 Å².